The van der Waals surface area contributed by atoms with Crippen LogP contribution in [0.5, 0.6) is 11.5 Å². The van der Waals surface area contributed by atoms with Gasteiger partial charge in [-0.1, -0.05) is 12.1 Å². The number of nitrogens with one attached hydrogen (secondary N) is 1. The lowest BCUT2D eigenvalue weighted by Crippen LogP contribution is -2.17. The zero-order valence-corrected chi connectivity index (χ0v) is 12.1. The Morgan fingerprint density at radius 2 is 1.92 bits per heavy atom. The summed E-state index contributed by atoms with van der Waals surface area (Å²) >= 11 is 0. The van der Waals surface area contributed by atoms with E-state index >= 15 is 0 Å². The van der Waals surface area contributed by atoms with Crippen LogP contribution in [0.2, 0.25) is 0 Å². The molecular weight excluding hydrogens is 325 g/mol. The van der Waals surface area contributed by atoms with E-state index in [1.54, 1.807) is 6.07 Å². The van der Waals surface area contributed by atoms with Crippen molar-refractivity contribution in [3.63, 3.8) is 0 Å². The Balaban J connectivity index is 1.67. The topological polar surface area (TPSA) is 59.9 Å². The van der Waals surface area contributed by atoms with Crippen molar-refractivity contribution in [2.45, 2.75) is 6.18 Å². The molecule has 0 atom stereocenters. The zero-order chi connectivity index (χ0) is 17.2. The third-order valence-electron chi connectivity index (χ3n) is 3.23. The molecule has 1 aliphatic heterocycles. The van der Waals surface area contributed by atoms with Gasteiger partial charge in [0.15, 0.2) is 11.5 Å². The summed E-state index contributed by atoms with van der Waals surface area (Å²) in [7, 11) is 0. The number of carbonyl (C=O) groups excluding carboxylic acids is 1. The van der Waals surface area contributed by atoms with Crippen molar-refractivity contribution in [3.05, 3.63) is 59.2 Å². The Bertz CT molecular complexity index is 803. The highest BCUT2D eigenvalue weighted by Gasteiger charge is 2.30. The summed E-state index contributed by atoms with van der Waals surface area (Å²) in [4.78, 5) is 12.0. The number of hydrogen-bond acceptors (Lipinski definition) is 4. The number of nitrogens with zero attached hydrogens (tertiary/aromatic N) is 1. The number of fused-ring (bicyclic) bond motifs is 1. The lowest BCUT2D eigenvalue weighted by molar-refractivity contribution is -0.137. The Morgan fingerprint density at radius 1 is 1.12 bits per heavy atom. The van der Waals surface area contributed by atoms with Gasteiger partial charge in [-0.3, -0.25) is 4.79 Å². The molecule has 0 fully saturated rings. The first-order valence-electron chi connectivity index (χ1n) is 6.84. The minimum atomic E-state index is -4.43. The van der Waals surface area contributed by atoms with Crippen molar-refractivity contribution >= 4 is 12.1 Å². The molecule has 2 aromatic rings. The number of rotatable bonds is 3. The minimum Gasteiger partial charge on any atom is -0.454 e. The molecule has 0 saturated carbocycles. The standard InChI is InChI=1S/C16H11F3N2O3/c17-16(18,19)12-3-1-2-10(6-12)8-20-21-15(22)11-4-5-13-14(7-11)24-9-23-13/h1-8H,9H2,(H,21,22)/b20-8+. The summed E-state index contributed by atoms with van der Waals surface area (Å²) in [6.45, 7) is 0.0914. The van der Waals surface area contributed by atoms with Gasteiger partial charge in [-0.05, 0) is 35.9 Å². The molecule has 0 aliphatic carbocycles. The number of amides is 1. The van der Waals surface area contributed by atoms with Crippen molar-refractivity contribution in [2.24, 2.45) is 5.10 Å². The van der Waals surface area contributed by atoms with Crippen molar-refractivity contribution in [1.82, 2.24) is 5.43 Å². The number of carbonyl (C=O) groups is 1. The number of alkyl halides is 3. The molecule has 124 valence electrons. The van der Waals surface area contributed by atoms with Gasteiger partial charge in [0.25, 0.3) is 5.91 Å². The molecule has 3 rings (SSSR count). The monoisotopic (exact) mass is 336 g/mol. The minimum absolute atomic E-state index is 0.0914. The first kappa shape index (κ1) is 15.9. The fraction of sp³-hybridized carbons (Fsp3) is 0.125. The fourth-order valence-electron chi connectivity index (χ4n) is 2.06. The SMILES string of the molecule is O=C(N/N=C/c1cccc(C(F)(F)F)c1)c1ccc2c(c1)OCO2. The van der Waals surface area contributed by atoms with Crippen LogP contribution in [0, 0.1) is 0 Å². The lowest BCUT2D eigenvalue weighted by atomic mass is 10.1. The Hall–Kier alpha value is -3.03. The number of halogens is 3. The smallest absolute Gasteiger partial charge is 0.416 e. The maximum Gasteiger partial charge on any atom is 0.416 e. The molecule has 2 aromatic carbocycles. The molecule has 24 heavy (non-hydrogen) atoms. The van der Waals surface area contributed by atoms with Crippen LogP contribution in [0.25, 0.3) is 0 Å². The summed E-state index contributed by atoms with van der Waals surface area (Å²) in [5.74, 6) is 0.472. The molecule has 5 nitrogen and oxygen atoms in total. The molecule has 0 spiro atoms. The van der Waals surface area contributed by atoms with Gasteiger partial charge in [-0.2, -0.15) is 18.3 Å². The van der Waals surface area contributed by atoms with Crippen LogP contribution in [0.3, 0.4) is 0 Å². The summed E-state index contributed by atoms with van der Waals surface area (Å²) in [5.41, 5.74) is 1.98. The van der Waals surface area contributed by atoms with Crippen molar-refractivity contribution in [2.75, 3.05) is 6.79 Å². The molecular formula is C16H11F3N2O3. The summed E-state index contributed by atoms with van der Waals surface area (Å²) < 4.78 is 48.1. The molecule has 1 N–H and O–H groups in total. The van der Waals surface area contributed by atoms with Crippen molar-refractivity contribution < 1.29 is 27.4 Å². The summed E-state index contributed by atoms with van der Waals surface area (Å²) in [6.07, 6.45) is -3.29. The summed E-state index contributed by atoms with van der Waals surface area (Å²) in [6, 6.07) is 9.24. The van der Waals surface area contributed by atoms with E-state index in [-0.39, 0.29) is 12.4 Å². The molecule has 0 radical (unpaired) electrons. The van der Waals surface area contributed by atoms with E-state index in [9.17, 15) is 18.0 Å². The highest BCUT2D eigenvalue weighted by Crippen LogP contribution is 2.32. The van der Waals surface area contributed by atoms with Gasteiger partial charge in [0.2, 0.25) is 6.79 Å². The summed E-state index contributed by atoms with van der Waals surface area (Å²) in [5, 5.41) is 3.67. The van der Waals surface area contributed by atoms with Crippen molar-refractivity contribution in [3.8, 4) is 11.5 Å². The third kappa shape index (κ3) is 3.48. The first-order valence-corrected chi connectivity index (χ1v) is 6.84. The van der Waals surface area contributed by atoms with Crippen LogP contribution < -0.4 is 14.9 Å². The third-order valence-corrected chi connectivity index (χ3v) is 3.23. The van der Waals surface area contributed by atoms with Crippen LogP contribution in [0.15, 0.2) is 47.6 Å². The molecule has 0 unspecified atom stereocenters. The van der Waals surface area contributed by atoms with Gasteiger partial charge in [-0.25, -0.2) is 5.43 Å². The van der Waals surface area contributed by atoms with Crippen LogP contribution in [-0.4, -0.2) is 18.9 Å². The first-order chi connectivity index (χ1) is 11.4. The van der Waals surface area contributed by atoms with E-state index in [0.717, 1.165) is 18.3 Å². The van der Waals surface area contributed by atoms with Gasteiger partial charge in [-0.15, -0.1) is 0 Å². The molecule has 1 heterocycles. The van der Waals surface area contributed by atoms with Crippen LogP contribution >= 0.6 is 0 Å². The van der Waals surface area contributed by atoms with E-state index in [1.807, 2.05) is 0 Å². The quantitative estimate of drug-likeness (QED) is 0.692. The largest absolute Gasteiger partial charge is 0.454 e. The average molecular weight is 336 g/mol. The average Bonchev–Trinajstić information content (AvgIpc) is 3.02. The molecule has 0 saturated heterocycles. The molecule has 0 bridgehead atoms. The fourth-order valence-corrected chi connectivity index (χ4v) is 2.06. The molecule has 0 aromatic heterocycles. The molecule has 1 aliphatic rings. The predicted octanol–water partition coefficient (Wildman–Crippen LogP) is 3.20. The number of hydrogen-bond donors (Lipinski definition) is 1. The molecule has 1 amide bonds. The highest BCUT2D eigenvalue weighted by molar-refractivity contribution is 5.95. The Labute approximate surface area is 134 Å². The number of benzene rings is 2. The van der Waals surface area contributed by atoms with E-state index in [2.05, 4.69) is 10.5 Å². The van der Waals surface area contributed by atoms with E-state index in [1.165, 1.54) is 24.3 Å². The number of ether oxygens (including phenoxy) is 2. The van der Waals surface area contributed by atoms with Gasteiger partial charge in [0.05, 0.1) is 11.8 Å². The zero-order valence-electron chi connectivity index (χ0n) is 12.1. The maximum atomic E-state index is 12.6. The lowest BCUT2D eigenvalue weighted by Gasteiger charge is -2.06. The van der Waals surface area contributed by atoms with Crippen LogP contribution in [-0.2, 0) is 6.18 Å². The van der Waals surface area contributed by atoms with Gasteiger partial charge in [0, 0.05) is 5.56 Å². The Morgan fingerprint density at radius 3 is 2.71 bits per heavy atom. The van der Waals surface area contributed by atoms with Crippen LogP contribution in [0.1, 0.15) is 21.5 Å². The van der Waals surface area contributed by atoms with E-state index < -0.39 is 17.6 Å². The Kier molecular flexibility index (Phi) is 4.11. The van der Waals surface area contributed by atoms with E-state index in [4.69, 9.17) is 9.47 Å². The highest BCUT2D eigenvalue weighted by atomic mass is 19.4. The predicted molar refractivity (Wildman–Crippen MR) is 79.1 cm³/mol. The van der Waals surface area contributed by atoms with E-state index in [0.29, 0.717) is 17.1 Å². The normalized spacial score (nSPS) is 13.3. The second-order valence-corrected chi connectivity index (χ2v) is 4.89. The second kappa shape index (κ2) is 6.23. The van der Waals surface area contributed by atoms with Gasteiger partial charge < -0.3 is 9.47 Å². The van der Waals surface area contributed by atoms with Crippen LogP contribution in [0.4, 0.5) is 13.2 Å². The second-order valence-electron chi connectivity index (χ2n) is 4.89. The maximum absolute atomic E-state index is 12.6. The van der Waals surface area contributed by atoms with Gasteiger partial charge in [0.1, 0.15) is 0 Å². The number of hydrazone groups is 1. The van der Waals surface area contributed by atoms with Gasteiger partial charge >= 0.3 is 6.18 Å². The molecule has 8 heteroatoms. The van der Waals surface area contributed by atoms with Crippen molar-refractivity contribution in [1.29, 1.82) is 0 Å².